The Morgan fingerprint density at radius 1 is 1.08 bits per heavy atom. The van der Waals surface area contributed by atoms with Crippen LogP contribution >= 0.6 is 0 Å². The van der Waals surface area contributed by atoms with Crippen LogP contribution in [0.25, 0.3) is 0 Å². The van der Waals surface area contributed by atoms with Gasteiger partial charge in [-0.05, 0) is 42.7 Å². The van der Waals surface area contributed by atoms with Gasteiger partial charge >= 0.3 is 5.97 Å². The number of rotatable bonds is 6. The van der Waals surface area contributed by atoms with Gasteiger partial charge in [-0.25, -0.2) is 4.79 Å². The molecule has 0 aliphatic rings. The van der Waals surface area contributed by atoms with Gasteiger partial charge in [0.2, 0.25) is 5.91 Å². The second-order valence-electron chi connectivity index (χ2n) is 5.43. The molecule has 0 saturated carbocycles. The number of esters is 1. The van der Waals surface area contributed by atoms with Crippen molar-refractivity contribution in [3.05, 3.63) is 59.2 Å². The zero-order valence-corrected chi connectivity index (χ0v) is 14.2. The molecule has 0 spiro atoms. The molecule has 0 unspecified atom stereocenters. The zero-order chi connectivity index (χ0) is 17.5. The highest BCUT2D eigenvalue weighted by Gasteiger charge is 2.10. The molecular weight excluding hydrogens is 304 g/mol. The summed E-state index contributed by atoms with van der Waals surface area (Å²) in [6.45, 7) is 4.07. The minimum absolute atomic E-state index is 0.115. The number of carbonyl (C=O) groups is 2. The Kier molecular flexibility index (Phi) is 5.95. The Balaban J connectivity index is 2.02. The Bertz CT molecular complexity index is 741. The summed E-state index contributed by atoms with van der Waals surface area (Å²) in [6, 6.07) is 12.9. The number of benzene rings is 2. The van der Waals surface area contributed by atoms with Gasteiger partial charge in [0.1, 0.15) is 0 Å². The molecule has 24 heavy (non-hydrogen) atoms. The van der Waals surface area contributed by atoms with Crippen molar-refractivity contribution in [3.63, 3.8) is 0 Å². The molecule has 0 bridgehead atoms. The Hall–Kier alpha value is -2.82. The third kappa shape index (κ3) is 4.35. The zero-order valence-electron chi connectivity index (χ0n) is 14.2. The van der Waals surface area contributed by atoms with E-state index >= 15 is 0 Å². The van der Waals surface area contributed by atoms with Gasteiger partial charge in [-0.2, -0.15) is 0 Å². The smallest absolute Gasteiger partial charge is 0.337 e. The van der Waals surface area contributed by atoms with E-state index in [2.05, 4.69) is 10.6 Å². The lowest BCUT2D eigenvalue weighted by Crippen LogP contribution is -2.22. The van der Waals surface area contributed by atoms with Gasteiger partial charge in [-0.1, -0.05) is 31.2 Å². The van der Waals surface area contributed by atoms with Gasteiger partial charge in [-0.3, -0.25) is 4.79 Å². The lowest BCUT2D eigenvalue weighted by molar-refractivity contribution is -0.114. The Morgan fingerprint density at radius 3 is 2.54 bits per heavy atom. The predicted molar refractivity (Wildman–Crippen MR) is 95.5 cm³/mol. The topological polar surface area (TPSA) is 67.4 Å². The summed E-state index contributed by atoms with van der Waals surface area (Å²) in [5.41, 5.74) is 4.05. The lowest BCUT2D eigenvalue weighted by Gasteiger charge is -2.13. The Labute approximate surface area is 142 Å². The third-order valence-corrected chi connectivity index (χ3v) is 3.77. The monoisotopic (exact) mass is 326 g/mol. The van der Waals surface area contributed by atoms with E-state index in [4.69, 9.17) is 4.74 Å². The fourth-order valence-electron chi connectivity index (χ4n) is 2.38. The van der Waals surface area contributed by atoms with E-state index in [0.717, 1.165) is 28.9 Å². The highest BCUT2D eigenvalue weighted by Crippen LogP contribution is 2.18. The number of para-hydroxylation sites is 1. The van der Waals surface area contributed by atoms with Crippen LogP contribution in [0.4, 0.5) is 11.4 Å². The molecular formula is C19H22N2O3. The van der Waals surface area contributed by atoms with E-state index < -0.39 is 5.97 Å². The quantitative estimate of drug-likeness (QED) is 0.799. The summed E-state index contributed by atoms with van der Waals surface area (Å²) in [7, 11) is 1.34. The van der Waals surface area contributed by atoms with Crippen molar-refractivity contribution >= 4 is 23.3 Å². The van der Waals surface area contributed by atoms with E-state index in [1.54, 1.807) is 12.1 Å². The number of methoxy groups -OCH3 is 1. The van der Waals surface area contributed by atoms with Crippen LogP contribution in [0.15, 0.2) is 42.5 Å². The van der Waals surface area contributed by atoms with Crippen LogP contribution in [0.3, 0.4) is 0 Å². The molecule has 5 nitrogen and oxygen atoms in total. The highest BCUT2D eigenvalue weighted by atomic mass is 16.5. The lowest BCUT2D eigenvalue weighted by atomic mass is 10.1. The minimum atomic E-state index is -0.403. The maximum atomic E-state index is 12.2. The van der Waals surface area contributed by atoms with Gasteiger partial charge in [-0.15, -0.1) is 0 Å². The first-order valence-electron chi connectivity index (χ1n) is 7.85. The molecule has 2 aromatic carbocycles. The van der Waals surface area contributed by atoms with Crippen molar-refractivity contribution in [2.75, 3.05) is 24.3 Å². The number of anilines is 2. The van der Waals surface area contributed by atoms with Crippen LogP contribution in [-0.4, -0.2) is 25.5 Å². The van der Waals surface area contributed by atoms with Crippen LogP contribution in [-0.2, 0) is 16.0 Å². The summed E-state index contributed by atoms with van der Waals surface area (Å²) in [5, 5.41) is 5.98. The van der Waals surface area contributed by atoms with Gasteiger partial charge in [0.05, 0.1) is 19.2 Å². The molecule has 0 aromatic heterocycles. The van der Waals surface area contributed by atoms with Crippen LogP contribution < -0.4 is 10.6 Å². The van der Waals surface area contributed by atoms with Gasteiger partial charge < -0.3 is 15.4 Å². The molecule has 0 fully saturated rings. The average Bonchev–Trinajstić information content (AvgIpc) is 2.60. The van der Waals surface area contributed by atoms with Crippen molar-refractivity contribution in [1.82, 2.24) is 0 Å². The average molecular weight is 326 g/mol. The fraction of sp³-hybridized carbons (Fsp3) is 0.263. The fourth-order valence-corrected chi connectivity index (χ4v) is 2.38. The second-order valence-corrected chi connectivity index (χ2v) is 5.43. The maximum absolute atomic E-state index is 12.2. The molecule has 0 aliphatic carbocycles. The van der Waals surface area contributed by atoms with Crippen LogP contribution in [0.5, 0.6) is 0 Å². The van der Waals surface area contributed by atoms with E-state index in [1.807, 2.05) is 44.2 Å². The Morgan fingerprint density at radius 2 is 1.83 bits per heavy atom. The van der Waals surface area contributed by atoms with Gasteiger partial charge in [0.15, 0.2) is 0 Å². The molecule has 126 valence electrons. The van der Waals surface area contributed by atoms with E-state index in [1.165, 1.54) is 7.11 Å². The molecule has 0 saturated heterocycles. The first kappa shape index (κ1) is 17.5. The SMILES string of the molecule is CCc1ccccc1NC(=O)CNc1cc(C(=O)OC)ccc1C. The third-order valence-electron chi connectivity index (χ3n) is 3.77. The largest absolute Gasteiger partial charge is 0.465 e. The molecule has 2 aromatic rings. The summed E-state index contributed by atoms with van der Waals surface area (Å²) >= 11 is 0. The predicted octanol–water partition coefficient (Wildman–Crippen LogP) is 3.39. The number of ether oxygens (including phenoxy) is 1. The van der Waals surface area contributed by atoms with Crippen LogP contribution in [0.1, 0.15) is 28.4 Å². The van der Waals surface area contributed by atoms with Crippen LogP contribution in [0, 0.1) is 6.92 Å². The molecule has 0 aliphatic heterocycles. The number of carbonyl (C=O) groups excluding carboxylic acids is 2. The van der Waals surface area contributed by atoms with Crippen LogP contribution in [0.2, 0.25) is 0 Å². The molecule has 5 heteroatoms. The number of hydrogen-bond donors (Lipinski definition) is 2. The van der Waals surface area contributed by atoms with Crippen molar-refractivity contribution in [1.29, 1.82) is 0 Å². The maximum Gasteiger partial charge on any atom is 0.337 e. The van der Waals surface area contributed by atoms with Crippen molar-refractivity contribution < 1.29 is 14.3 Å². The van der Waals surface area contributed by atoms with E-state index in [0.29, 0.717) is 5.56 Å². The van der Waals surface area contributed by atoms with Gasteiger partial charge in [0.25, 0.3) is 0 Å². The second kappa shape index (κ2) is 8.15. The highest BCUT2D eigenvalue weighted by molar-refractivity contribution is 5.95. The summed E-state index contributed by atoms with van der Waals surface area (Å²) in [5.74, 6) is -0.543. The number of aryl methyl sites for hydroxylation is 2. The molecule has 2 rings (SSSR count). The summed E-state index contributed by atoms with van der Waals surface area (Å²) in [4.78, 5) is 23.8. The van der Waals surface area contributed by atoms with E-state index in [-0.39, 0.29) is 12.5 Å². The normalized spacial score (nSPS) is 10.1. The van der Waals surface area contributed by atoms with Gasteiger partial charge in [0, 0.05) is 11.4 Å². The molecule has 0 heterocycles. The minimum Gasteiger partial charge on any atom is -0.465 e. The molecule has 2 N–H and O–H groups in total. The molecule has 0 radical (unpaired) electrons. The van der Waals surface area contributed by atoms with E-state index in [9.17, 15) is 9.59 Å². The first-order valence-corrected chi connectivity index (χ1v) is 7.85. The standard InChI is InChI=1S/C19H22N2O3/c1-4-14-7-5-6-8-16(14)21-18(22)12-20-17-11-15(19(23)24-3)10-9-13(17)2/h5-11,20H,4,12H2,1-3H3,(H,21,22). The number of hydrogen-bond acceptors (Lipinski definition) is 4. The molecule has 0 atom stereocenters. The summed E-state index contributed by atoms with van der Waals surface area (Å²) < 4.78 is 4.72. The first-order chi connectivity index (χ1) is 11.5. The molecule has 1 amide bonds. The van der Waals surface area contributed by atoms with Crippen molar-refractivity contribution in [2.24, 2.45) is 0 Å². The summed E-state index contributed by atoms with van der Waals surface area (Å²) in [6.07, 6.45) is 0.851. The van der Waals surface area contributed by atoms with Crippen molar-refractivity contribution in [3.8, 4) is 0 Å². The number of nitrogens with one attached hydrogen (secondary N) is 2. The van der Waals surface area contributed by atoms with Crippen molar-refractivity contribution in [2.45, 2.75) is 20.3 Å². The number of amides is 1.